The highest BCUT2D eigenvalue weighted by atomic mass is 32.1. The molecule has 130 heavy (non-hydrogen) atoms. The van der Waals surface area contributed by atoms with Crippen LogP contribution in [0.15, 0.2) is 120 Å². The molecule has 8 N–H and O–H groups in total. The molecule has 0 spiro atoms. The number of benzene rings is 2. The zero-order chi connectivity index (χ0) is 91.9. The zero-order valence-electron chi connectivity index (χ0n) is 75.9. The zero-order valence-corrected chi connectivity index (χ0v) is 76.7. The van der Waals surface area contributed by atoms with E-state index in [9.17, 15) is 44.1 Å². The van der Waals surface area contributed by atoms with Gasteiger partial charge in [0, 0.05) is 172 Å². The summed E-state index contributed by atoms with van der Waals surface area (Å²) < 4.78 is 44.2. The number of anilines is 4. The van der Waals surface area contributed by atoms with Gasteiger partial charge in [-0.25, -0.2) is 39.4 Å². The number of hydrogen-bond donors (Lipinski definition) is 6. The van der Waals surface area contributed by atoms with E-state index in [1.165, 1.54) is 11.2 Å². The van der Waals surface area contributed by atoms with Crippen molar-refractivity contribution >= 4 is 98.5 Å². The number of allylic oxidation sites excluding steroid dienone is 5. The molecule has 7 aromatic rings. The number of methoxy groups -OCH3 is 2. The van der Waals surface area contributed by atoms with Crippen LogP contribution in [0.1, 0.15) is 170 Å². The molecule has 2 aromatic carbocycles. The summed E-state index contributed by atoms with van der Waals surface area (Å²) in [6.45, 7) is 19.6. The molecule has 0 radical (unpaired) electrons. The van der Waals surface area contributed by atoms with E-state index in [0.717, 1.165) is 59.4 Å². The normalized spacial score (nSPS) is 27.3. The number of piperidine rings is 1. The number of aromatic nitrogens is 9. The lowest BCUT2D eigenvalue weighted by Crippen LogP contribution is -2.60. The van der Waals surface area contributed by atoms with Crippen LogP contribution in [0.4, 0.5) is 23.7 Å². The number of ether oxygens (including phenoxy) is 6. The van der Waals surface area contributed by atoms with Crippen LogP contribution in [0.2, 0.25) is 0 Å². The number of aliphatic hydroxyl groups excluding tert-OH is 2. The molecule has 1 saturated carbocycles. The minimum Gasteiger partial charge on any atom is -0.465 e. The second-order valence-electron chi connectivity index (χ2n) is 36.2. The van der Waals surface area contributed by atoms with Gasteiger partial charge in [0.15, 0.2) is 11.2 Å². The molecular formula is C95H126N18O16S. The van der Waals surface area contributed by atoms with Crippen LogP contribution in [-0.2, 0) is 78.4 Å². The number of rotatable bonds is 20. The third kappa shape index (κ3) is 23.8. The number of piperazine rings is 2. The number of thiocarbonyl (C=S) groups is 1. The molecule has 698 valence electrons. The summed E-state index contributed by atoms with van der Waals surface area (Å²) in [5, 5.41) is 44.5. The maximum Gasteiger partial charge on any atom is 0.329 e. The van der Waals surface area contributed by atoms with Crippen molar-refractivity contribution in [3.63, 3.8) is 0 Å². The number of nitrogen functional groups attached to an aromatic ring is 2. The standard InChI is InChI=1S/C95H126N18O16S/c1-58-14-10-9-11-15-59(2)80(123-7)48-72-23-17-63(6)95(122,129-72)85(118)89(120)112-29-13-12-16-74(112)90(121)126-71(47-75(114)61(4)43-62(5)77(116)49-76(115)60(3)42-58)24-19-64-20-25-79(81(45-64)124-8)128-94(130)102-52-66-50-98-92(99-51-66)110-37-35-108(36-38-110)82(117)28-40-125-41-39-107-31-33-109(34-32-107)93-100-53-70(54-101-93)88(119)111-30-27-67-44-65(18-21-69(67)56-111)55-113-87-83(86(96)103-57-104-87)84(106-113)68-22-26-78-73(46-68)105-91(97)127-78/h9-11,14-15,18,21-22,26,43-44,46,50-51,53-54,57-58,60-61,63-64,71-72,74-75,77,79-81,114,116,122H,12-13,16-17,19-20,23-25,27-42,45,47-49,52,55-56H2,1-8H3,(H2,97,105)(H,102,130)(H2,96,103,104)/b11-9?,14-10+,59-15?,62-43+/t58-,60-,61-,63-,64-,71-,72?,74+,75-,77+,79-,80+,81-,95-/m1/s1. The number of fused-ring (bicyclic) bond motifs is 6. The van der Waals surface area contributed by atoms with Crippen molar-refractivity contribution in [1.29, 1.82) is 0 Å². The van der Waals surface area contributed by atoms with Gasteiger partial charge in [-0.15, -0.1) is 0 Å². The number of esters is 1. The summed E-state index contributed by atoms with van der Waals surface area (Å²) in [5.74, 6) is -5.46. The number of Topliss-reactive ketones (excluding diaryl/α,β-unsaturated/α-hetero) is 2. The van der Waals surface area contributed by atoms with Crippen molar-refractivity contribution in [1.82, 2.24) is 69.6 Å². The van der Waals surface area contributed by atoms with Crippen molar-refractivity contribution < 1.29 is 76.9 Å². The van der Waals surface area contributed by atoms with Crippen molar-refractivity contribution in [3.05, 3.63) is 143 Å². The van der Waals surface area contributed by atoms with Crippen molar-refractivity contribution in [3.8, 4) is 11.3 Å². The number of aliphatic hydroxyl groups is 3. The number of oxazole rings is 1. The summed E-state index contributed by atoms with van der Waals surface area (Å²) in [7, 11) is 3.22. The summed E-state index contributed by atoms with van der Waals surface area (Å²) in [4.78, 5) is 128. The molecule has 5 aromatic heterocycles. The number of amides is 3. The van der Waals surface area contributed by atoms with Crippen LogP contribution in [0, 0.1) is 29.6 Å². The Hall–Kier alpha value is -10.6. The lowest BCUT2D eigenvalue weighted by Gasteiger charge is -2.42. The molecule has 34 nitrogen and oxygen atoms in total. The minimum atomic E-state index is -2.45. The number of cyclic esters (lactones) is 1. The Bertz CT molecular complexity index is 5250. The number of nitrogens with zero attached hydrogens (tertiary/aromatic N) is 15. The van der Waals surface area contributed by atoms with E-state index < -0.39 is 71.8 Å². The molecule has 3 amide bonds. The predicted octanol–water partition coefficient (Wildman–Crippen LogP) is 9.02. The third-order valence-corrected chi connectivity index (χ3v) is 27.2. The van der Waals surface area contributed by atoms with E-state index in [1.54, 1.807) is 65.0 Å². The molecule has 2 bridgehead atoms. The van der Waals surface area contributed by atoms with Gasteiger partial charge in [0.05, 0.1) is 67.6 Å². The number of carbonyl (C=O) groups is 6. The van der Waals surface area contributed by atoms with E-state index in [0.29, 0.717) is 206 Å². The Morgan fingerprint density at radius 2 is 1.48 bits per heavy atom. The van der Waals surface area contributed by atoms with E-state index in [1.807, 2.05) is 84.7 Å². The van der Waals surface area contributed by atoms with Gasteiger partial charge in [0.2, 0.25) is 23.6 Å². The van der Waals surface area contributed by atoms with Gasteiger partial charge >= 0.3 is 5.97 Å². The largest absolute Gasteiger partial charge is 0.465 e. The number of nitrogens with one attached hydrogen (secondary N) is 1. The number of ketones is 2. The first-order valence-corrected chi connectivity index (χ1v) is 46.4. The molecule has 6 aliphatic heterocycles. The Morgan fingerprint density at radius 1 is 0.731 bits per heavy atom. The van der Waals surface area contributed by atoms with Crippen LogP contribution in [0.3, 0.4) is 0 Å². The predicted molar refractivity (Wildman–Crippen MR) is 492 cm³/mol. The number of hydrogen-bond acceptors (Lipinski definition) is 30. The van der Waals surface area contributed by atoms with Crippen molar-refractivity contribution in [2.75, 3.05) is 121 Å². The number of carbonyl (C=O) groups excluding carboxylic acids is 6. The molecule has 7 aliphatic rings. The summed E-state index contributed by atoms with van der Waals surface area (Å²) in [6, 6.07) is 10.8. The summed E-state index contributed by atoms with van der Waals surface area (Å²) in [6.07, 6.45) is 21.7. The van der Waals surface area contributed by atoms with Gasteiger partial charge < -0.3 is 89.4 Å². The molecular weight excluding hydrogens is 1680 g/mol. The van der Waals surface area contributed by atoms with E-state index in [2.05, 4.69) is 73.1 Å². The van der Waals surface area contributed by atoms with E-state index >= 15 is 0 Å². The molecule has 14 rings (SSSR count). The van der Waals surface area contributed by atoms with Gasteiger partial charge in [0.25, 0.3) is 28.8 Å². The fourth-order valence-electron chi connectivity index (χ4n) is 18.9. The van der Waals surface area contributed by atoms with Crippen LogP contribution in [-0.4, -0.2) is 274 Å². The van der Waals surface area contributed by atoms with Gasteiger partial charge in [0.1, 0.15) is 47.4 Å². The fraction of sp³-hybridized carbons (Fsp3) is 0.568. The van der Waals surface area contributed by atoms with E-state index in [-0.39, 0.29) is 91.0 Å². The first kappa shape index (κ1) is 95.5. The second kappa shape index (κ2) is 44.1. The van der Waals surface area contributed by atoms with E-state index in [4.69, 9.17) is 61.6 Å². The number of nitrogens with two attached hydrogens (primary N) is 2. The van der Waals surface area contributed by atoms with Crippen molar-refractivity contribution in [2.24, 2.45) is 29.6 Å². The molecule has 35 heteroatoms. The van der Waals surface area contributed by atoms with Crippen LogP contribution in [0.25, 0.3) is 33.4 Å². The molecule has 4 saturated heterocycles. The van der Waals surface area contributed by atoms with Gasteiger partial charge in [-0.1, -0.05) is 82.4 Å². The summed E-state index contributed by atoms with van der Waals surface area (Å²) >= 11 is 5.74. The highest BCUT2D eigenvalue weighted by molar-refractivity contribution is 7.80. The van der Waals surface area contributed by atoms with Crippen LogP contribution < -0.4 is 26.6 Å². The Balaban J connectivity index is 0.489. The van der Waals surface area contributed by atoms with Crippen LogP contribution in [0.5, 0.6) is 0 Å². The molecule has 1 aliphatic carbocycles. The highest BCUT2D eigenvalue weighted by Crippen LogP contribution is 2.40. The third-order valence-electron chi connectivity index (χ3n) is 26.9. The van der Waals surface area contributed by atoms with Crippen molar-refractivity contribution in [2.45, 2.75) is 218 Å². The molecule has 14 atom stereocenters. The SMILES string of the molecule is CO[C@H]1CC2CC[C@@H](C)[C@@](O)(O2)C(=O)C(=O)N2CCCC[C@H]2C(=O)O[C@H](CC[C@@H]2CC[C@@H](OC(=S)NCc3cnc(N4CCN(C(=O)CCOCCN5CCN(c6ncc(C(=O)N7CCc8cc(Cn9nc(-c%10ccc%11oc(N)nc%11c%10)c%10c(N)ncnc%109)ccc8C7)cn6)CC5)CC4)nc3)[C@H](OC)C2)C[C@@H](O)[C@H](C)/C=C(\C)[C@@H](O)CC(=O)[C@H](C)C[C@H](C)/C=C/C=CC=C1C. The lowest BCUT2D eigenvalue weighted by atomic mass is 9.81. The lowest BCUT2D eigenvalue weighted by molar-refractivity contribution is -0.265. The molecule has 11 heterocycles. The first-order valence-electron chi connectivity index (χ1n) is 45.9. The topological polar surface area (TPSA) is 423 Å². The Kier molecular flexibility index (Phi) is 32.4. The fourth-order valence-corrected chi connectivity index (χ4v) is 19.1. The van der Waals surface area contributed by atoms with Crippen LogP contribution >= 0.6 is 12.2 Å². The quantitative estimate of drug-likeness (QED) is 0.0136. The summed E-state index contributed by atoms with van der Waals surface area (Å²) in [5.41, 5.74) is 21.3. The van der Waals surface area contributed by atoms with Gasteiger partial charge in [-0.05, 0) is 161 Å². The first-order chi connectivity index (χ1) is 62.6. The molecule has 1 unspecified atom stereocenters. The average molecular weight is 1810 g/mol. The second-order valence-corrected chi connectivity index (χ2v) is 36.5. The monoisotopic (exact) mass is 1810 g/mol. The minimum absolute atomic E-state index is 0.0109. The Labute approximate surface area is 764 Å². The smallest absolute Gasteiger partial charge is 0.329 e. The van der Waals surface area contributed by atoms with Gasteiger partial charge in [-0.3, -0.25) is 28.9 Å². The highest BCUT2D eigenvalue weighted by Gasteiger charge is 2.53. The molecule has 5 fully saturated rings. The average Bonchev–Trinajstić information content (AvgIpc) is 1.43. The van der Waals surface area contributed by atoms with Gasteiger partial charge in [-0.2, -0.15) is 10.1 Å². The Morgan fingerprint density at radius 3 is 2.24 bits per heavy atom. The maximum absolute atomic E-state index is 14.7. The maximum atomic E-state index is 14.7.